The van der Waals surface area contributed by atoms with Crippen molar-refractivity contribution < 1.29 is 9.53 Å². The van der Waals surface area contributed by atoms with Crippen LogP contribution in [0, 0.1) is 0 Å². The quantitative estimate of drug-likeness (QED) is 0.833. The van der Waals surface area contributed by atoms with Gasteiger partial charge in [-0.15, -0.1) is 0 Å². The SMILES string of the molecule is CCOC1CCCN(C(=O)c2cn[nH]c2)C1. The summed E-state index contributed by atoms with van der Waals surface area (Å²) in [4.78, 5) is 13.9. The van der Waals surface area contributed by atoms with Gasteiger partial charge in [-0.3, -0.25) is 9.89 Å². The van der Waals surface area contributed by atoms with E-state index in [4.69, 9.17) is 4.74 Å². The molecule has 0 aliphatic carbocycles. The molecule has 1 aromatic heterocycles. The fraction of sp³-hybridized carbons (Fsp3) is 0.636. The van der Waals surface area contributed by atoms with Gasteiger partial charge in [-0.2, -0.15) is 5.10 Å². The van der Waals surface area contributed by atoms with E-state index in [1.807, 2.05) is 11.8 Å². The molecule has 0 spiro atoms. The van der Waals surface area contributed by atoms with E-state index in [1.165, 1.54) is 0 Å². The van der Waals surface area contributed by atoms with Crippen LogP contribution in [-0.2, 0) is 4.74 Å². The molecule has 0 bridgehead atoms. The van der Waals surface area contributed by atoms with E-state index in [9.17, 15) is 4.79 Å². The van der Waals surface area contributed by atoms with E-state index >= 15 is 0 Å². The Bertz CT molecular complexity index is 335. The molecular weight excluding hydrogens is 206 g/mol. The molecule has 1 unspecified atom stereocenters. The first-order chi connectivity index (χ1) is 7.81. The van der Waals surface area contributed by atoms with Gasteiger partial charge in [0.25, 0.3) is 5.91 Å². The summed E-state index contributed by atoms with van der Waals surface area (Å²) in [6.45, 7) is 4.20. The summed E-state index contributed by atoms with van der Waals surface area (Å²) in [5, 5.41) is 6.45. The van der Waals surface area contributed by atoms with Crippen molar-refractivity contribution in [3.63, 3.8) is 0 Å². The molecular formula is C11H17N3O2. The molecule has 1 atom stereocenters. The number of aromatic amines is 1. The molecule has 1 fully saturated rings. The van der Waals surface area contributed by atoms with Gasteiger partial charge in [-0.1, -0.05) is 0 Å². The number of hydrogen-bond donors (Lipinski definition) is 1. The lowest BCUT2D eigenvalue weighted by Crippen LogP contribution is -2.43. The number of amides is 1. The number of H-pyrrole nitrogens is 1. The predicted molar refractivity (Wildman–Crippen MR) is 59.1 cm³/mol. The highest BCUT2D eigenvalue weighted by atomic mass is 16.5. The molecule has 1 aliphatic heterocycles. The van der Waals surface area contributed by atoms with Crippen molar-refractivity contribution in [2.45, 2.75) is 25.9 Å². The van der Waals surface area contributed by atoms with Gasteiger partial charge in [-0.25, -0.2) is 0 Å². The van der Waals surface area contributed by atoms with Crippen LogP contribution in [0.2, 0.25) is 0 Å². The Kier molecular flexibility index (Phi) is 3.56. The summed E-state index contributed by atoms with van der Waals surface area (Å²) < 4.78 is 5.56. The van der Waals surface area contributed by atoms with Gasteiger partial charge in [-0.05, 0) is 19.8 Å². The zero-order chi connectivity index (χ0) is 11.4. The fourth-order valence-electron chi connectivity index (χ4n) is 2.04. The lowest BCUT2D eigenvalue weighted by Gasteiger charge is -2.32. The van der Waals surface area contributed by atoms with E-state index in [2.05, 4.69) is 10.2 Å². The Morgan fingerprint density at radius 1 is 1.75 bits per heavy atom. The minimum Gasteiger partial charge on any atom is -0.377 e. The maximum atomic E-state index is 12.0. The van der Waals surface area contributed by atoms with E-state index in [0.29, 0.717) is 18.7 Å². The molecule has 0 radical (unpaired) electrons. The summed E-state index contributed by atoms with van der Waals surface area (Å²) in [5.74, 6) is 0.0400. The predicted octanol–water partition coefficient (Wildman–Crippen LogP) is 1.05. The van der Waals surface area contributed by atoms with Crippen LogP contribution < -0.4 is 0 Å². The third kappa shape index (κ3) is 2.41. The summed E-state index contributed by atoms with van der Waals surface area (Å²) in [6, 6.07) is 0. The second-order valence-electron chi connectivity index (χ2n) is 3.96. The second-order valence-corrected chi connectivity index (χ2v) is 3.96. The van der Waals surface area contributed by atoms with Crippen LogP contribution in [0.1, 0.15) is 30.1 Å². The van der Waals surface area contributed by atoms with Gasteiger partial charge in [0.15, 0.2) is 0 Å². The van der Waals surface area contributed by atoms with Crippen molar-refractivity contribution in [1.29, 1.82) is 0 Å². The molecule has 0 saturated carbocycles. The van der Waals surface area contributed by atoms with Crippen LogP contribution >= 0.6 is 0 Å². The molecule has 0 aromatic carbocycles. The molecule has 1 N–H and O–H groups in total. The molecule has 1 saturated heterocycles. The Morgan fingerprint density at radius 3 is 3.31 bits per heavy atom. The van der Waals surface area contributed by atoms with Gasteiger partial charge < -0.3 is 9.64 Å². The molecule has 1 aliphatic rings. The zero-order valence-electron chi connectivity index (χ0n) is 9.48. The summed E-state index contributed by atoms with van der Waals surface area (Å²) in [7, 11) is 0. The van der Waals surface area contributed by atoms with Crippen LogP contribution in [0.25, 0.3) is 0 Å². The second kappa shape index (κ2) is 5.12. The fourth-order valence-corrected chi connectivity index (χ4v) is 2.04. The summed E-state index contributed by atoms with van der Waals surface area (Å²) >= 11 is 0. The topological polar surface area (TPSA) is 58.2 Å². The maximum Gasteiger partial charge on any atom is 0.257 e. The smallest absolute Gasteiger partial charge is 0.257 e. The number of aromatic nitrogens is 2. The first kappa shape index (κ1) is 11.1. The lowest BCUT2D eigenvalue weighted by molar-refractivity contribution is 0.00724. The highest BCUT2D eigenvalue weighted by molar-refractivity contribution is 5.93. The molecule has 2 rings (SSSR count). The highest BCUT2D eigenvalue weighted by Crippen LogP contribution is 2.15. The van der Waals surface area contributed by atoms with Crippen LogP contribution in [0.15, 0.2) is 12.4 Å². The average Bonchev–Trinajstić information content (AvgIpc) is 2.82. The van der Waals surface area contributed by atoms with Crippen molar-refractivity contribution in [1.82, 2.24) is 15.1 Å². The molecule has 5 nitrogen and oxygen atoms in total. The summed E-state index contributed by atoms with van der Waals surface area (Å²) in [6.07, 6.45) is 5.44. The highest BCUT2D eigenvalue weighted by Gasteiger charge is 2.24. The van der Waals surface area contributed by atoms with Gasteiger partial charge in [0.2, 0.25) is 0 Å². The Morgan fingerprint density at radius 2 is 2.62 bits per heavy atom. The maximum absolute atomic E-state index is 12.0. The number of rotatable bonds is 3. The number of hydrogen-bond acceptors (Lipinski definition) is 3. The van der Waals surface area contributed by atoms with Crippen molar-refractivity contribution >= 4 is 5.91 Å². The average molecular weight is 223 g/mol. The van der Waals surface area contributed by atoms with Gasteiger partial charge >= 0.3 is 0 Å². The van der Waals surface area contributed by atoms with Crippen molar-refractivity contribution in [2.24, 2.45) is 0 Å². The van der Waals surface area contributed by atoms with Gasteiger partial charge in [0.05, 0.1) is 17.9 Å². The monoisotopic (exact) mass is 223 g/mol. The minimum absolute atomic E-state index is 0.0400. The van der Waals surface area contributed by atoms with Crippen molar-refractivity contribution in [2.75, 3.05) is 19.7 Å². The standard InChI is InChI=1S/C11H17N3O2/c1-2-16-10-4-3-5-14(8-10)11(15)9-6-12-13-7-9/h6-7,10H,2-5,8H2,1H3,(H,12,13). The largest absolute Gasteiger partial charge is 0.377 e. The molecule has 1 aromatic rings. The molecule has 88 valence electrons. The molecule has 5 heteroatoms. The number of ether oxygens (including phenoxy) is 1. The number of piperidine rings is 1. The number of carbonyl (C=O) groups excluding carboxylic acids is 1. The van der Waals surface area contributed by atoms with Crippen LogP contribution in [0.3, 0.4) is 0 Å². The van der Waals surface area contributed by atoms with Crippen molar-refractivity contribution in [3.05, 3.63) is 18.0 Å². The minimum atomic E-state index is 0.0400. The number of nitrogens with one attached hydrogen (secondary N) is 1. The van der Waals surface area contributed by atoms with Gasteiger partial charge in [0, 0.05) is 25.9 Å². The van der Waals surface area contributed by atoms with E-state index in [-0.39, 0.29) is 12.0 Å². The first-order valence-electron chi connectivity index (χ1n) is 5.71. The van der Waals surface area contributed by atoms with E-state index < -0.39 is 0 Å². The Balaban J connectivity index is 1.96. The van der Waals surface area contributed by atoms with Crippen LogP contribution in [0.5, 0.6) is 0 Å². The van der Waals surface area contributed by atoms with Gasteiger partial charge in [0.1, 0.15) is 0 Å². The van der Waals surface area contributed by atoms with Crippen LogP contribution in [0.4, 0.5) is 0 Å². The number of carbonyl (C=O) groups is 1. The molecule has 2 heterocycles. The van der Waals surface area contributed by atoms with E-state index in [1.54, 1.807) is 12.4 Å². The molecule has 1 amide bonds. The Hall–Kier alpha value is -1.36. The first-order valence-corrected chi connectivity index (χ1v) is 5.71. The van der Waals surface area contributed by atoms with Crippen LogP contribution in [-0.4, -0.2) is 46.8 Å². The number of likely N-dealkylation sites (tertiary alicyclic amines) is 1. The molecule has 16 heavy (non-hydrogen) atoms. The lowest BCUT2D eigenvalue weighted by atomic mass is 10.1. The third-order valence-corrected chi connectivity index (χ3v) is 2.81. The Labute approximate surface area is 94.8 Å². The third-order valence-electron chi connectivity index (χ3n) is 2.81. The van der Waals surface area contributed by atoms with E-state index in [0.717, 1.165) is 19.4 Å². The zero-order valence-corrected chi connectivity index (χ0v) is 9.48. The normalized spacial score (nSPS) is 21.1. The summed E-state index contributed by atoms with van der Waals surface area (Å²) in [5.41, 5.74) is 0.622. The van der Waals surface area contributed by atoms with Crippen molar-refractivity contribution in [3.8, 4) is 0 Å². The number of nitrogens with zero attached hydrogens (tertiary/aromatic N) is 2.